The highest BCUT2D eigenvalue weighted by Crippen LogP contribution is 2.34. The van der Waals surface area contributed by atoms with Gasteiger partial charge >= 0.3 is 0 Å². The Morgan fingerprint density at radius 2 is 2.18 bits per heavy atom. The molecule has 2 rings (SSSR count). The minimum atomic E-state index is 0.0225. The predicted molar refractivity (Wildman–Crippen MR) is 69.7 cm³/mol. The summed E-state index contributed by atoms with van der Waals surface area (Å²) in [6.07, 6.45) is 7.05. The molecular formula is C14H23N3. The van der Waals surface area contributed by atoms with Crippen LogP contribution < -0.4 is 5.73 Å². The number of nitrogens with zero attached hydrogens (tertiary/aromatic N) is 2. The zero-order valence-corrected chi connectivity index (χ0v) is 11.1. The predicted octanol–water partition coefficient (Wildman–Crippen LogP) is 3.10. The molecule has 2 unspecified atom stereocenters. The number of aromatic nitrogens is 2. The Hall–Kier alpha value is -0.960. The minimum absolute atomic E-state index is 0.0225. The van der Waals surface area contributed by atoms with Crippen molar-refractivity contribution in [2.45, 2.75) is 58.4 Å². The molecule has 1 aliphatic carbocycles. The molecule has 3 atom stereocenters. The number of hydrogen-bond donors (Lipinski definition) is 1. The molecule has 1 fully saturated rings. The van der Waals surface area contributed by atoms with E-state index >= 15 is 0 Å². The molecular weight excluding hydrogens is 210 g/mol. The van der Waals surface area contributed by atoms with E-state index in [9.17, 15) is 0 Å². The number of rotatable bonds is 2. The Bertz CT molecular complexity index is 387. The van der Waals surface area contributed by atoms with Crippen molar-refractivity contribution in [3.63, 3.8) is 0 Å². The molecule has 1 aliphatic rings. The highest BCUT2D eigenvalue weighted by atomic mass is 14.9. The monoisotopic (exact) mass is 233 g/mol. The summed E-state index contributed by atoms with van der Waals surface area (Å²) < 4.78 is 0. The Kier molecular flexibility index (Phi) is 3.77. The topological polar surface area (TPSA) is 51.8 Å². The zero-order chi connectivity index (χ0) is 12.4. The molecule has 0 aliphatic heterocycles. The van der Waals surface area contributed by atoms with Crippen molar-refractivity contribution in [2.24, 2.45) is 11.7 Å². The quantitative estimate of drug-likeness (QED) is 0.854. The van der Waals surface area contributed by atoms with Crippen LogP contribution in [-0.4, -0.2) is 9.97 Å². The average molecular weight is 233 g/mol. The van der Waals surface area contributed by atoms with Gasteiger partial charge in [-0.2, -0.15) is 0 Å². The third kappa shape index (κ3) is 2.83. The summed E-state index contributed by atoms with van der Waals surface area (Å²) in [4.78, 5) is 9.19. The Labute approximate surface area is 104 Å². The van der Waals surface area contributed by atoms with E-state index in [1.165, 1.54) is 25.7 Å². The van der Waals surface area contributed by atoms with Crippen molar-refractivity contribution >= 4 is 0 Å². The van der Waals surface area contributed by atoms with Crippen molar-refractivity contribution in [1.29, 1.82) is 0 Å². The largest absolute Gasteiger partial charge is 0.324 e. The molecule has 1 saturated carbocycles. The number of aryl methyl sites for hydroxylation is 1. The van der Waals surface area contributed by atoms with E-state index in [-0.39, 0.29) is 6.04 Å². The summed E-state index contributed by atoms with van der Waals surface area (Å²) in [5.41, 5.74) is 8.00. The second-order valence-electron chi connectivity index (χ2n) is 5.53. The SMILES string of the molecule is Cc1nc(C2CCCC(C)C2)ncc1[C@@H](C)N. The number of nitrogens with two attached hydrogens (primary N) is 1. The highest BCUT2D eigenvalue weighted by Gasteiger charge is 2.23. The molecule has 0 amide bonds. The van der Waals surface area contributed by atoms with E-state index in [0.29, 0.717) is 5.92 Å². The summed E-state index contributed by atoms with van der Waals surface area (Å²) in [5.74, 6) is 2.39. The fourth-order valence-corrected chi connectivity index (χ4v) is 2.81. The second kappa shape index (κ2) is 5.13. The molecule has 17 heavy (non-hydrogen) atoms. The van der Waals surface area contributed by atoms with Crippen LogP contribution in [0.2, 0.25) is 0 Å². The average Bonchev–Trinajstić information content (AvgIpc) is 2.28. The normalized spacial score (nSPS) is 26.8. The van der Waals surface area contributed by atoms with E-state index in [0.717, 1.165) is 23.0 Å². The maximum Gasteiger partial charge on any atom is 0.131 e. The third-order valence-electron chi connectivity index (χ3n) is 3.83. The molecule has 0 radical (unpaired) electrons. The van der Waals surface area contributed by atoms with Crippen LogP contribution in [0.3, 0.4) is 0 Å². The first kappa shape index (κ1) is 12.5. The molecule has 1 heterocycles. The van der Waals surface area contributed by atoms with Gasteiger partial charge in [0.1, 0.15) is 5.82 Å². The molecule has 94 valence electrons. The summed E-state index contributed by atoms with van der Waals surface area (Å²) in [6, 6.07) is 0.0225. The molecule has 1 aromatic rings. The highest BCUT2D eigenvalue weighted by molar-refractivity contribution is 5.20. The second-order valence-corrected chi connectivity index (χ2v) is 5.53. The molecule has 3 nitrogen and oxygen atoms in total. The van der Waals surface area contributed by atoms with Gasteiger partial charge in [-0.25, -0.2) is 9.97 Å². The fourth-order valence-electron chi connectivity index (χ4n) is 2.81. The lowest BCUT2D eigenvalue weighted by molar-refractivity contribution is 0.334. The molecule has 0 bridgehead atoms. The van der Waals surface area contributed by atoms with E-state index in [2.05, 4.69) is 16.9 Å². The van der Waals surface area contributed by atoms with Crippen LogP contribution in [-0.2, 0) is 0 Å². The van der Waals surface area contributed by atoms with E-state index in [1.807, 2.05) is 20.0 Å². The van der Waals surface area contributed by atoms with Gasteiger partial charge in [0.15, 0.2) is 0 Å². The summed E-state index contributed by atoms with van der Waals surface area (Å²) in [5, 5.41) is 0. The molecule has 1 aromatic heterocycles. The van der Waals surface area contributed by atoms with Crippen molar-refractivity contribution in [3.05, 3.63) is 23.3 Å². The van der Waals surface area contributed by atoms with Crippen molar-refractivity contribution in [1.82, 2.24) is 9.97 Å². The standard InChI is InChI=1S/C14H23N3/c1-9-5-4-6-12(7-9)14-16-8-13(10(2)15)11(3)17-14/h8-10,12H,4-7,15H2,1-3H3/t9?,10-,12?/m1/s1. The zero-order valence-electron chi connectivity index (χ0n) is 11.1. The van der Waals surface area contributed by atoms with Crippen LogP contribution >= 0.6 is 0 Å². The lowest BCUT2D eigenvalue weighted by Crippen LogP contribution is -2.16. The summed E-state index contributed by atoms with van der Waals surface area (Å²) in [6.45, 7) is 6.35. The summed E-state index contributed by atoms with van der Waals surface area (Å²) in [7, 11) is 0. The van der Waals surface area contributed by atoms with Gasteiger partial charge in [-0.15, -0.1) is 0 Å². The van der Waals surface area contributed by atoms with Gasteiger partial charge in [-0.05, 0) is 32.6 Å². The Balaban J connectivity index is 2.19. The minimum Gasteiger partial charge on any atom is -0.324 e. The molecule has 2 N–H and O–H groups in total. The fraction of sp³-hybridized carbons (Fsp3) is 0.714. The lowest BCUT2D eigenvalue weighted by atomic mass is 9.82. The van der Waals surface area contributed by atoms with Gasteiger partial charge in [0.2, 0.25) is 0 Å². The first-order valence-corrected chi connectivity index (χ1v) is 6.67. The van der Waals surface area contributed by atoms with Crippen molar-refractivity contribution in [3.8, 4) is 0 Å². The lowest BCUT2D eigenvalue weighted by Gasteiger charge is -2.26. The van der Waals surface area contributed by atoms with Gasteiger partial charge in [0.25, 0.3) is 0 Å². The van der Waals surface area contributed by atoms with Gasteiger partial charge in [-0.3, -0.25) is 0 Å². The number of hydrogen-bond acceptors (Lipinski definition) is 3. The summed E-state index contributed by atoms with van der Waals surface area (Å²) >= 11 is 0. The maximum atomic E-state index is 5.89. The maximum absolute atomic E-state index is 5.89. The van der Waals surface area contributed by atoms with Crippen LogP contribution in [0.15, 0.2) is 6.20 Å². The molecule has 0 aromatic carbocycles. The van der Waals surface area contributed by atoms with Crippen LogP contribution in [0.4, 0.5) is 0 Å². The van der Waals surface area contributed by atoms with E-state index in [1.54, 1.807) is 0 Å². The van der Waals surface area contributed by atoms with Crippen LogP contribution in [0.25, 0.3) is 0 Å². The van der Waals surface area contributed by atoms with Crippen LogP contribution in [0.1, 0.15) is 68.6 Å². The van der Waals surface area contributed by atoms with Crippen molar-refractivity contribution < 1.29 is 0 Å². The molecule has 3 heteroatoms. The van der Waals surface area contributed by atoms with Gasteiger partial charge in [0, 0.05) is 29.4 Å². The van der Waals surface area contributed by atoms with Crippen LogP contribution in [0.5, 0.6) is 0 Å². The molecule has 0 spiro atoms. The van der Waals surface area contributed by atoms with Gasteiger partial charge in [0.05, 0.1) is 0 Å². The smallest absolute Gasteiger partial charge is 0.131 e. The first-order chi connectivity index (χ1) is 8.08. The van der Waals surface area contributed by atoms with Crippen LogP contribution in [0, 0.1) is 12.8 Å². The third-order valence-corrected chi connectivity index (χ3v) is 3.83. The van der Waals surface area contributed by atoms with Gasteiger partial charge in [-0.1, -0.05) is 19.8 Å². The van der Waals surface area contributed by atoms with Crippen molar-refractivity contribution in [2.75, 3.05) is 0 Å². The van der Waals surface area contributed by atoms with E-state index in [4.69, 9.17) is 5.73 Å². The Morgan fingerprint density at radius 1 is 1.41 bits per heavy atom. The van der Waals surface area contributed by atoms with E-state index < -0.39 is 0 Å². The first-order valence-electron chi connectivity index (χ1n) is 6.67. The van der Waals surface area contributed by atoms with Gasteiger partial charge < -0.3 is 5.73 Å². The molecule has 0 saturated heterocycles. The Morgan fingerprint density at radius 3 is 2.76 bits per heavy atom.